The van der Waals surface area contributed by atoms with Crippen molar-refractivity contribution >= 4 is 11.7 Å². The molecule has 1 amide bonds. The zero-order valence-electron chi connectivity index (χ0n) is 10.8. The van der Waals surface area contributed by atoms with E-state index in [-0.39, 0.29) is 11.8 Å². The number of benzene rings is 1. The first-order valence-electron chi connectivity index (χ1n) is 6.15. The highest BCUT2D eigenvalue weighted by molar-refractivity contribution is 5.97. The van der Waals surface area contributed by atoms with Crippen LogP contribution >= 0.6 is 0 Å². The molecule has 0 saturated carbocycles. The third kappa shape index (κ3) is 1.89. The van der Waals surface area contributed by atoms with E-state index in [2.05, 4.69) is 10.4 Å². The van der Waals surface area contributed by atoms with Crippen LogP contribution in [0.4, 0.5) is 5.82 Å². The number of nitrogens with zero attached hydrogens (tertiary/aromatic N) is 3. The number of para-hydroxylation sites is 1. The monoisotopic (exact) mass is 268 g/mol. The predicted molar refractivity (Wildman–Crippen MR) is 71.2 cm³/mol. The molecule has 0 fully saturated rings. The number of aromatic nitrogens is 2. The van der Waals surface area contributed by atoms with Gasteiger partial charge in [0.1, 0.15) is 35.7 Å². The molecule has 3 rings (SSSR count). The SMILES string of the molecule is Cn1ncc(C#N)c1NC(=O)C1COc2ccccc21. The Balaban J connectivity index is 1.85. The number of fused-ring (bicyclic) bond motifs is 1. The van der Waals surface area contributed by atoms with Crippen molar-refractivity contribution in [2.24, 2.45) is 7.05 Å². The summed E-state index contributed by atoms with van der Waals surface area (Å²) < 4.78 is 6.96. The molecule has 2 aromatic rings. The van der Waals surface area contributed by atoms with Crippen LogP contribution in [-0.4, -0.2) is 22.3 Å². The van der Waals surface area contributed by atoms with E-state index in [0.717, 1.165) is 11.3 Å². The summed E-state index contributed by atoms with van der Waals surface area (Å²) in [6.45, 7) is 0.310. The summed E-state index contributed by atoms with van der Waals surface area (Å²) in [7, 11) is 1.68. The summed E-state index contributed by atoms with van der Waals surface area (Å²) in [4.78, 5) is 12.4. The van der Waals surface area contributed by atoms with Crippen LogP contribution in [0.2, 0.25) is 0 Å². The number of nitrogens with one attached hydrogen (secondary N) is 1. The first-order chi connectivity index (χ1) is 9.70. The molecule has 1 aromatic heterocycles. The van der Waals surface area contributed by atoms with E-state index >= 15 is 0 Å². The van der Waals surface area contributed by atoms with Crippen molar-refractivity contribution in [3.8, 4) is 11.8 Å². The van der Waals surface area contributed by atoms with Gasteiger partial charge in [0.25, 0.3) is 0 Å². The van der Waals surface area contributed by atoms with Crippen molar-refractivity contribution in [1.82, 2.24) is 9.78 Å². The van der Waals surface area contributed by atoms with E-state index in [1.54, 1.807) is 7.05 Å². The van der Waals surface area contributed by atoms with Gasteiger partial charge in [-0.05, 0) is 6.07 Å². The Morgan fingerprint density at radius 1 is 1.55 bits per heavy atom. The molecule has 2 heterocycles. The number of rotatable bonds is 2. The molecule has 1 aromatic carbocycles. The molecule has 1 aliphatic heterocycles. The molecule has 0 radical (unpaired) electrons. The Bertz CT molecular complexity index is 714. The van der Waals surface area contributed by atoms with Crippen molar-refractivity contribution in [2.45, 2.75) is 5.92 Å². The van der Waals surface area contributed by atoms with Gasteiger partial charge < -0.3 is 10.1 Å². The fourth-order valence-corrected chi connectivity index (χ4v) is 2.25. The second-order valence-corrected chi connectivity index (χ2v) is 4.53. The summed E-state index contributed by atoms with van der Waals surface area (Å²) in [5.74, 6) is 0.572. The van der Waals surface area contributed by atoms with E-state index < -0.39 is 0 Å². The fraction of sp³-hybridized carbons (Fsp3) is 0.214. The van der Waals surface area contributed by atoms with Crippen molar-refractivity contribution in [2.75, 3.05) is 11.9 Å². The molecule has 100 valence electrons. The molecule has 1 atom stereocenters. The lowest BCUT2D eigenvalue weighted by molar-refractivity contribution is -0.117. The quantitative estimate of drug-likeness (QED) is 0.893. The molecular formula is C14H12N4O2. The van der Waals surface area contributed by atoms with Crippen LogP contribution in [0.5, 0.6) is 5.75 Å². The second kappa shape index (κ2) is 4.70. The molecule has 6 nitrogen and oxygen atoms in total. The van der Waals surface area contributed by atoms with Gasteiger partial charge >= 0.3 is 0 Å². The molecule has 1 unspecified atom stereocenters. The number of hydrogen-bond acceptors (Lipinski definition) is 4. The largest absolute Gasteiger partial charge is 0.492 e. The summed E-state index contributed by atoms with van der Waals surface area (Å²) >= 11 is 0. The molecule has 20 heavy (non-hydrogen) atoms. The number of anilines is 1. The zero-order chi connectivity index (χ0) is 14.1. The Kier molecular flexibility index (Phi) is 2.88. The molecule has 0 bridgehead atoms. The van der Waals surface area contributed by atoms with Crippen LogP contribution in [-0.2, 0) is 11.8 Å². The van der Waals surface area contributed by atoms with Gasteiger partial charge in [0.05, 0.1) is 6.20 Å². The van der Waals surface area contributed by atoms with Crippen LogP contribution in [0.25, 0.3) is 0 Å². The van der Waals surface area contributed by atoms with E-state index in [9.17, 15) is 4.79 Å². The van der Waals surface area contributed by atoms with Crippen LogP contribution in [0.1, 0.15) is 17.0 Å². The first-order valence-corrected chi connectivity index (χ1v) is 6.15. The maximum atomic E-state index is 12.4. The summed E-state index contributed by atoms with van der Waals surface area (Å²) in [6.07, 6.45) is 1.43. The minimum absolute atomic E-state index is 0.199. The number of hydrogen-bond donors (Lipinski definition) is 1. The summed E-state index contributed by atoms with van der Waals surface area (Å²) in [5, 5.41) is 15.7. The highest BCUT2D eigenvalue weighted by atomic mass is 16.5. The molecule has 6 heteroatoms. The number of carbonyl (C=O) groups is 1. The van der Waals surface area contributed by atoms with E-state index in [0.29, 0.717) is 18.0 Å². The highest BCUT2D eigenvalue weighted by Gasteiger charge is 2.30. The van der Waals surface area contributed by atoms with Gasteiger partial charge in [0.2, 0.25) is 5.91 Å². The van der Waals surface area contributed by atoms with Crippen molar-refractivity contribution in [1.29, 1.82) is 5.26 Å². The molecule has 0 saturated heterocycles. The van der Waals surface area contributed by atoms with E-state index in [1.165, 1.54) is 10.9 Å². The molecule has 0 spiro atoms. The van der Waals surface area contributed by atoms with Crippen molar-refractivity contribution in [3.63, 3.8) is 0 Å². The lowest BCUT2D eigenvalue weighted by Crippen LogP contribution is -2.23. The Morgan fingerprint density at radius 3 is 3.15 bits per heavy atom. The molecule has 1 aliphatic rings. The van der Waals surface area contributed by atoms with Gasteiger partial charge in [0.15, 0.2) is 0 Å². The van der Waals surface area contributed by atoms with Crippen LogP contribution in [0.3, 0.4) is 0 Å². The molecule has 1 N–H and O–H groups in total. The van der Waals surface area contributed by atoms with Gasteiger partial charge in [-0.15, -0.1) is 0 Å². The predicted octanol–water partition coefficient (Wildman–Crippen LogP) is 1.41. The third-order valence-electron chi connectivity index (χ3n) is 3.32. The first kappa shape index (κ1) is 12.2. The topological polar surface area (TPSA) is 79.9 Å². The maximum absolute atomic E-state index is 12.4. The van der Waals surface area contributed by atoms with Crippen LogP contribution in [0.15, 0.2) is 30.5 Å². The summed E-state index contributed by atoms with van der Waals surface area (Å²) in [6, 6.07) is 9.46. The van der Waals surface area contributed by atoms with Crippen LogP contribution < -0.4 is 10.1 Å². The Hall–Kier alpha value is -2.81. The number of carbonyl (C=O) groups excluding carboxylic acids is 1. The van der Waals surface area contributed by atoms with E-state index in [4.69, 9.17) is 10.00 Å². The van der Waals surface area contributed by atoms with Gasteiger partial charge in [0, 0.05) is 12.6 Å². The average Bonchev–Trinajstić information content (AvgIpc) is 3.03. The third-order valence-corrected chi connectivity index (χ3v) is 3.32. The number of aryl methyl sites for hydroxylation is 1. The van der Waals surface area contributed by atoms with E-state index in [1.807, 2.05) is 30.3 Å². The fourth-order valence-electron chi connectivity index (χ4n) is 2.25. The number of ether oxygens (including phenoxy) is 1. The second-order valence-electron chi connectivity index (χ2n) is 4.53. The van der Waals surface area contributed by atoms with Crippen molar-refractivity contribution < 1.29 is 9.53 Å². The smallest absolute Gasteiger partial charge is 0.236 e. The van der Waals surface area contributed by atoms with Gasteiger partial charge in [-0.2, -0.15) is 10.4 Å². The zero-order valence-corrected chi connectivity index (χ0v) is 10.8. The number of amides is 1. The summed E-state index contributed by atoms with van der Waals surface area (Å²) in [5.41, 5.74) is 1.21. The van der Waals surface area contributed by atoms with Gasteiger partial charge in [-0.25, -0.2) is 0 Å². The van der Waals surface area contributed by atoms with Gasteiger partial charge in [-0.3, -0.25) is 9.48 Å². The normalized spacial score (nSPS) is 16.1. The Morgan fingerprint density at radius 2 is 2.35 bits per heavy atom. The minimum atomic E-state index is -0.368. The molecular weight excluding hydrogens is 256 g/mol. The van der Waals surface area contributed by atoms with Crippen LogP contribution in [0, 0.1) is 11.3 Å². The van der Waals surface area contributed by atoms with Crippen molar-refractivity contribution in [3.05, 3.63) is 41.6 Å². The lowest BCUT2D eigenvalue weighted by atomic mass is 10.0. The Labute approximate surface area is 115 Å². The molecule has 0 aliphatic carbocycles. The standard InChI is InChI=1S/C14H12N4O2/c1-18-13(9(6-15)7-16-18)17-14(19)11-8-20-12-5-3-2-4-10(11)12/h2-5,7,11H,8H2,1H3,(H,17,19). The highest BCUT2D eigenvalue weighted by Crippen LogP contribution is 2.34. The number of nitriles is 1. The maximum Gasteiger partial charge on any atom is 0.236 e. The minimum Gasteiger partial charge on any atom is -0.492 e. The van der Waals surface area contributed by atoms with Gasteiger partial charge in [-0.1, -0.05) is 18.2 Å². The average molecular weight is 268 g/mol. The lowest BCUT2D eigenvalue weighted by Gasteiger charge is -2.10.